The van der Waals surface area contributed by atoms with E-state index in [1.54, 1.807) is 0 Å². The van der Waals surface area contributed by atoms with Crippen LogP contribution < -0.4 is 4.74 Å². The van der Waals surface area contributed by atoms with Gasteiger partial charge in [-0.1, -0.05) is 6.92 Å². The van der Waals surface area contributed by atoms with Gasteiger partial charge in [-0.2, -0.15) is 4.39 Å². The van der Waals surface area contributed by atoms with Crippen LogP contribution in [0.15, 0.2) is 12.4 Å². The Kier molecular flexibility index (Phi) is 4.85. The Morgan fingerprint density at radius 2 is 2.14 bits per heavy atom. The van der Waals surface area contributed by atoms with Crippen molar-refractivity contribution in [3.05, 3.63) is 18.3 Å². The quantitative estimate of drug-likeness (QED) is 0.514. The van der Waals surface area contributed by atoms with Crippen molar-refractivity contribution >= 4 is 0 Å². The molecule has 0 bridgehead atoms. The predicted octanol–water partition coefficient (Wildman–Crippen LogP) is 1.42. The largest absolute Gasteiger partial charge is 0.475 e. The summed E-state index contributed by atoms with van der Waals surface area (Å²) in [5.41, 5.74) is 0. The van der Waals surface area contributed by atoms with Crippen molar-refractivity contribution in [1.29, 1.82) is 0 Å². The summed E-state index contributed by atoms with van der Waals surface area (Å²) in [6, 6.07) is 1.14. The third-order valence-corrected chi connectivity index (χ3v) is 1.43. The predicted molar refractivity (Wildman–Crippen MR) is 48.6 cm³/mol. The third-order valence-electron chi connectivity index (χ3n) is 1.43. The first-order chi connectivity index (χ1) is 6.83. The second-order valence-corrected chi connectivity index (χ2v) is 2.64. The van der Waals surface area contributed by atoms with E-state index >= 15 is 0 Å². The highest BCUT2D eigenvalue weighted by Crippen LogP contribution is 2.04. The topological polar surface area (TPSA) is 44.2 Å². The maximum atomic E-state index is 12.5. The molecule has 0 spiro atoms. The monoisotopic (exact) mass is 200 g/mol. The van der Waals surface area contributed by atoms with Gasteiger partial charge in [-0.3, -0.25) is 0 Å². The van der Waals surface area contributed by atoms with E-state index in [2.05, 4.69) is 9.97 Å². The first-order valence-electron chi connectivity index (χ1n) is 4.51. The molecule has 1 heterocycles. The summed E-state index contributed by atoms with van der Waals surface area (Å²) >= 11 is 0. The van der Waals surface area contributed by atoms with Crippen LogP contribution in [0, 0.1) is 5.95 Å². The van der Waals surface area contributed by atoms with Crippen LogP contribution in [0.2, 0.25) is 0 Å². The van der Waals surface area contributed by atoms with Gasteiger partial charge in [0, 0.05) is 6.61 Å². The van der Waals surface area contributed by atoms with E-state index in [4.69, 9.17) is 9.47 Å². The Morgan fingerprint density at radius 1 is 1.29 bits per heavy atom. The molecule has 0 unspecified atom stereocenters. The summed E-state index contributed by atoms with van der Waals surface area (Å²) in [5, 5.41) is 0. The number of ether oxygens (including phenoxy) is 2. The van der Waals surface area contributed by atoms with Gasteiger partial charge in [0.2, 0.25) is 11.8 Å². The van der Waals surface area contributed by atoms with E-state index < -0.39 is 5.95 Å². The molecule has 0 aliphatic rings. The molecule has 0 fully saturated rings. The van der Waals surface area contributed by atoms with Gasteiger partial charge in [0.05, 0.1) is 12.7 Å². The van der Waals surface area contributed by atoms with Crippen LogP contribution >= 0.6 is 0 Å². The molecule has 0 aromatic carbocycles. The molecule has 0 aliphatic carbocycles. The van der Waals surface area contributed by atoms with E-state index in [1.165, 1.54) is 0 Å². The zero-order chi connectivity index (χ0) is 10.2. The van der Waals surface area contributed by atoms with Crippen LogP contribution in [-0.4, -0.2) is 29.8 Å². The van der Waals surface area contributed by atoms with Crippen molar-refractivity contribution in [1.82, 2.24) is 9.97 Å². The van der Waals surface area contributed by atoms with E-state index in [-0.39, 0.29) is 5.88 Å². The van der Waals surface area contributed by atoms with Gasteiger partial charge in [0.25, 0.3) is 0 Å². The molecule has 0 radical (unpaired) electrons. The van der Waals surface area contributed by atoms with Crippen LogP contribution in [0.25, 0.3) is 0 Å². The number of hydrogen-bond donors (Lipinski definition) is 0. The Morgan fingerprint density at radius 3 is 2.86 bits per heavy atom. The SMILES string of the molecule is CCCOCCOc1cc(F)ncn1. The summed E-state index contributed by atoms with van der Waals surface area (Å²) in [6.07, 6.45) is 2.10. The molecule has 0 atom stereocenters. The lowest BCUT2D eigenvalue weighted by molar-refractivity contribution is 0.0988. The molecule has 14 heavy (non-hydrogen) atoms. The van der Waals surface area contributed by atoms with Gasteiger partial charge in [-0.05, 0) is 6.42 Å². The molecule has 1 aromatic rings. The molecule has 0 N–H and O–H groups in total. The van der Waals surface area contributed by atoms with E-state index in [9.17, 15) is 4.39 Å². The molecule has 0 amide bonds. The van der Waals surface area contributed by atoms with Crippen LogP contribution in [0.5, 0.6) is 5.88 Å². The molecular weight excluding hydrogens is 187 g/mol. The second-order valence-electron chi connectivity index (χ2n) is 2.64. The van der Waals surface area contributed by atoms with Crippen LogP contribution in [0.3, 0.4) is 0 Å². The van der Waals surface area contributed by atoms with Crippen molar-refractivity contribution in [2.24, 2.45) is 0 Å². The Bertz CT molecular complexity index is 271. The fourth-order valence-electron chi connectivity index (χ4n) is 0.848. The second kappa shape index (κ2) is 6.26. The Hall–Kier alpha value is -1.23. The van der Waals surface area contributed by atoms with Gasteiger partial charge in [-0.25, -0.2) is 9.97 Å². The molecule has 0 saturated heterocycles. The number of nitrogens with zero attached hydrogens (tertiary/aromatic N) is 2. The summed E-state index contributed by atoms with van der Waals surface area (Å²) in [5.74, 6) is -0.359. The summed E-state index contributed by atoms with van der Waals surface area (Å²) in [6.45, 7) is 3.60. The highest BCUT2D eigenvalue weighted by Gasteiger charge is 1.97. The zero-order valence-corrected chi connectivity index (χ0v) is 8.07. The number of hydrogen-bond acceptors (Lipinski definition) is 4. The van der Waals surface area contributed by atoms with Gasteiger partial charge in [-0.15, -0.1) is 0 Å². The molecular formula is C9H13FN2O2. The first kappa shape index (κ1) is 10.8. The molecule has 1 aromatic heterocycles. The minimum absolute atomic E-state index is 0.234. The van der Waals surface area contributed by atoms with Gasteiger partial charge in [0.1, 0.15) is 12.9 Å². The molecule has 4 nitrogen and oxygen atoms in total. The van der Waals surface area contributed by atoms with Gasteiger partial charge >= 0.3 is 0 Å². The average molecular weight is 200 g/mol. The minimum Gasteiger partial charge on any atom is -0.475 e. The van der Waals surface area contributed by atoms with Gasteiger partial charge in [0.15, 0.2) is 0 Å². The fourth-order valence-corrected chi connectivity index (χ4v) is 0.848. The fraction of sp³-hybridized carbons (Fsp3) is 0.556. The van der Waals surface area contributed by atoms with Crippen LogP contribution in [-0.2, 0) is 4.74 Å². The summed E-state index contributed by atoms with van der Waals surface area (Å²) in [7, 11) is 0. The third kappa shape index (κ3) is 4.13. The van der Waals surface area contributed by atoms with E-state index in [0.29, 0.717) is 19.8 Å². The summed E-state index contributed by atoms with van der Waals surface area (Å²) < 4.78 is 22.8. The molecule has 0 aliphatic heterocycles. The van der Waals surface area contributed by atoms with Crippen molar-refractivity contribution in [3.63, 3.8) is 0 Å². The van der Waals surface area contributed by atoms with Crippen molar-refractivity contribution in [2.45, 2.75) is 13.3 Å². The van der Waals surface area contributed by atoms with E-state index in [0.717, 1.165) is 18.8 Å². The maximum absolute atomic E-state index is 12.5. The van der Waals surface area contributed by atoms with E-state index in [1.807, 2.05) is 6.92 Å². The minimum atomic E-state index is -0.593. The Balaban J connectivity index is 2.18. The summed E-state index contributed by atoms with van der Waals surface area (Å²) in [4.78, 5) is 7.04. The standard InChI is InChI=1S/C9H13FN2O2/c1-2-3-13-4-5-14-9-6-8(10)11-7-12-9/h6-7H,2-5H2,1H3. The maximum Gasteiger partial charge on any atom is 0.219 e. The molecule has 1 rings (SSSR count). The molecule has 5 heteroatoms. The lowest BCUT2D eigenvalue weighted by Crippen LogP contribution is -2.08. The lowest BCUT2D eigenvalue weighted by atomic mass is 10.5. The van der Waals surface area contributed by atoms with Crippen molar-refractivity contribution < 1.29 is 13.9 Å². The highest BCUT2D eigenvalue weighted by molar-refractivity contribution is 5.05. The lowest BCUT2D eigenvalue weighted by Gasteiger charge is -2.04. The zero-order valence-electron chi connectivity index (χ0n) is 8.07. The Labute approximate surface area is 82.1 Å². The highest BCUT2D eigenvalue weighted by atomic mass is 19.1. The smallest absolute Gasteiger partial charge is 0.219 e. The van der Waals surface area contributed by atoms with Gasteiger partial charge < -0.3 is 9.47 Å². The number of halogens is 1. The average Bonchev–Trinajstić information content (AvgIpc) is 2.18. The normalized spacial score (nSPS) is 10.1. The first-order valence-corrected chi connectivity index (χ1v) is 4.51. The van der Waals surface area contributed by atoms with Crippen LogP contribution in [0.1, 0.15) is 13.3 Å². The van der Waals surface area contributed by atoms with Crippen LogP contribution in [0.4, 0.5) is 4.39 Å². The van der Waals surface area contributed by atoms with Crippen molar-refractivity contribution in [3.8, 4) is 5.88 Å². The number of aromatic nitrogens is 2. The molecule has 0 saturated carbocycles. The molecule has 78 valence electrons. The van der Waals surface area contributed by atoms with Crippen molar-refractivity contribution in [2.75, 3.05) is 19.8 Å². The number of rotatable bonds is 6.